The minimum atomic E-state index is 0.704. The Bertz CT molecular complexity index is 412. The number of likely N-dealkylation sites (N-methyl/N-ethyl adjacent to an activating group) is 1. The minimum Gasteiger partial charge on any atom is -0.384 e. The molecular formula is C14H21N3O. The molecule has 1 aromatic rings. The third kappa shape index (κ3) is 4.74. The molecule has 0 amide bonds. The van der Waals surface area contributed by atoms with Crippen LogP contribution in [-0.2, 0) is 4.74 Å². The van der Waals surface area contributed by atoms with Gasteiger partial charge in [0, 0.05) is 32.4 Å². The number of methoxy groups -OCH3 is 1. The summed E-state index contributed by atoms with van der Waals surface area (Å²) in [5, 5.41) is 12.2. The fourth-order valence-electron chi connectivity index (χ4n) is 1.67. The monoisotopic (exact) mass is 247 g/mol. The highest BCUT2D eigenvalue weighted by molar-refractivity contribution is 5.53. The number of aryl methyl sites for hydroxylation is 1. The quantitative estimate of drug-likeness (QED) is 0.799. The zero-order valence-electron chi connectivity index (χ0n) is 11.4. The first-order valence-electron chi connectivity index (χ1n) is 6.09. The number of rotatable bonds is 7. The van der Waals surface area contributed by atoms with Gasteiger partial charge in [-0.1, -0.05) is 0 Å². The van der Waals surface area contributed by atoms with Gasteiger partial charge in [-0.15, -0.1) is 0 Å². The van der Waals surface area contributed by atoms with Crippen LogP contribution in [0.15, 0.2) is 18.2 Å². The van der Waals surface area contributed by atoms with Crippen LogP contribution >= 0.6 is 0 Å². The Morgan fingerprint density at radius 3 is 2.78 bits per heavy atom. The molecule has 0 aromatic heterocycles. The molecule has 0 aliphatic heterocycles. The molecule has 18 heavy (non-hydrogen) atoms. The molecule has 0 atom stereocenters. The second-order valence-corrected chi connectivity index (χ2v) is 4.36. The molecule has 1 N–H and O–H groups in total. The number of nitrogens with one attached hydrogen (secondary N) is 1. The summed E-state index contributed by atoms with van der Waals surface area (Å²) in [4.78, 5) is 2.22. The lowest BCUT2D eigenvalue weighted by atomic mass is 10.1. The highest BCUT2D eigenvalue weighted by Crippen LogP contribution is 2.15. The van der Waals surface area contributed by atoms with E-state index in [2.05, 4.69) is 23.3 Å². The minimum absolute atomic E-state index is 0.704. The third-order valence-corrected chi connectivity index (χ3v) is 2.84. The van der Waals surface area contributed by atoms with Crippen LogP contribution < -0.4 is 5.32 Å². The van der Waals surface area contributed by atoms with Crippen LogP contribution in [-0.4, -0.2) is 45.3 Å². The number of benzene rings is 1. The Morgan fingerprint density at radius 1 is 1.39 bits per heavy atom. The van der Waals surface area contributed by atoms with Crippen LogP contribution in [0, 0.1) is 18.3 Å². The van der Waals surface area contributed by atoms with Crippen molar-refractivity contribution in [2.45, 2.75) is 6.92 Å². The van der Waals surface area contributed by atoms with Gasteiger partial charge in [-0.3, -0.25) is 0 Å². The van der Waals surface area contributed by atoms with Gasteiger partial charge >= 0.3 is 0 Å². The first kappa shape index (κ1) is 14.5. The molecule has 4 nitrogen and oxygen atoms in total. The van der Waals surface area contributed by atoms with E-state index in [9.17, 15) is 0 Å². The Labute approximate surface area is 109 Å². The molecule has 0 aliphatic rings. The van der Waals surface area contributed by atoms with Crippen LogP contribution in [0.4, 0.5) is 5.69 Å². The number of nitrogens with zero attached hydrogens (tertiary/aromatic N) is 2. The molecule has 0 radical (unpaired) electrons. The number of nitriles is 1. The fourth-order valence-corrected chi connectivity index (χ4v) is 1.67. The number of ether oxygens (including phenoxy) is 1. The molecule has 4 heteroatoms. The van der Waals surface area contributed by atoms with Crippen molar-refractivity contribution >= 4 is 5.69 Å². The van der Waals surface area contributed by atoms with Crippen molar-refractivity contribution in [2.75, 3.05) is 45.7 Å². The summed E-state index contributed by atoms with van der Waals surface area (Å²) in [6, 6.07) is 7.84. The van der Waals surface area contributed by atoms with E-state index in [-0.39, 0.29) is 0 Å². The van der Waals surface area contributed by atoms with E-state index in [0.717, 1.165) is 37.5 Å². The lowest BCUT2D eigenvalue weighted by Gasteiger charge is -2.17. The van der Waals surface area contributed by atoms with Crippen LogP contribution in [0.25, 0.3) is 0 Å². The second-order valence-electron chi connectivity index (χ2n) is 4.36. The standard InChI is InChI=1S/C14H21N3O/c1-12-10-13(11-15)4-5-14(12)16-6-7-17(2)8-9-18-3/h4-5,10,16H,6-9H2,1-3H3. The van der Waals surface area contributed by atoms with Gasteiger partial charge < -0.3 is 15.0 Å². The van der Waals surface area contributed by atoms with Crippen LogP contribution in [0.5, 0.6) is 0 Å². The molecule has 0 heterocycles. The molecule has 98 valence electrons. The predicted octanol–water partition coefficient (Wildman–Crippen LogP) is 1.86. The van der Waals surface area contributed by atoms with Crippen molar-refractivity contribution in [3.63, 3.8) is 0 Å². The van der Waals surface area contributed by atoms with Gasteiger partial charge in [-0.25, -0.2) is 0 Å². The van der Waals surface area contributed by atoms with E-state index >= 15 is 0 Å². The Hall–Kier alpha value is -1.57. The molecule has 0 spiro atoms. The highest BCUT2D eigenvalue weighted by atomic mass is 16.5. The average Bonchev–Trinajstić information content (AvgIpc) is 2.38. The maximum Gasteiger partial charge on any atom is 0.0991 e. The molecule has 0 bridgehead atoms. The van der Waals surface area contributed by atoms with Gasteiger partial charge in [0.1, 0.15) is 0 Å². The Balaban J connectivity index is 2.38. The summed E-state index contributed by atoms with van der Waals surface area (Å²) >= 11 is 0. The third-order valence-electron chi connectivity index (χ3n) is 2.84. The van der Waals surface area contributed by atoms with Crippen LogP contribution in [0.1, 0.15) is 11.1 Å². The molecule has 0 saturated carbocycles. The smallest absolute Gasteiger partial charge is 0.0991 e. The van der Waals surface area contributed by atoms with Gasteiger partial charge in [0.2, 0.25) is 0 Å². The lowest BCUT2D eigenvalue weighted by Crippen LogP contribution is -2.28. The maximum atomic E-state index is 8.80. The van der Waals surface area contributed by atoms with Gasteiger partial charge in [0.15, 0.2) is 0 Å². The highest BCUT2D eigenvalue weighted by Gasteiger charge is 2.01. The van der Waals surface area contributed by atoms with Crippen molar-refractivity contribution in [1.82, 2.24) is 4.90 Å². The van der Waals surface area contributed by atoms with E-state index in [1.54, 1.807) is 7.11 Å². The van der Waals surface area contributed by atoms with Crippen molar-refractivity contribution in [1.29, 1.82) is 5.26 Å². The van der Waals surface area contributed by atoms with E-state index < -0.39 is 0 Å². The van der Waals surface area contributed by atoms with Crippen molar-refractivity contribution in [3.05, 3.63) is 29.3 Å². The zero-order chi connectivity index (χ0) is 13.4. The van der Waals surface area contributed by atoms with E-state index in [1.807, 2.05) is 25.1 Å². The van der Waals surface area contributed by atoms with Crippen LogP contribution in [0.2, 0.25) is 0 Å². The molecule has 0 saturated heterocycles. The van der Waals surface area contributed by atoms with Gasteiger partial charge in [0.25, 0.3) is 0 Å². The van der Waals surface area contributed by atoms with E-state index in [0.29, 0.717) is 5.56 Å². The van der Waals surface area contributed by atoms with Crippen molar-refractivity contribution < 1.29 is 4.74 Å². The molecule has 1 rings (SSSR count). The zero-order valence-corrected chi connectivity index (χ0v) is 11.4. The first-order valence-corrected chi connectivity index (χ1v) is 6.09. The number of hydrogen-bond donors (Lipinski definition) is 1. The summed E-state index contributed by atoms with van der Waals surface area (Å²) in [7, 11) is 3.79. The summed E-state index contributed by atoms with van der Waals surface area (Å²) in [5.74, 6) is 0. The van der Waals surface area contributed by atoms with Crippen molar-refractivity contribution in [3.8, 4) is 6.07 Å². The molecular weight excluding hydrogens is 226 g/mol. The molecule has 0 fully saturated rings. The van der Waals surface area contributed by atoms with Gasteiger partial charge in [0.05, 0.1) is 18.2 Å². The normalized spacial score (nSPS) is 10.4. The van der Waals surface area contributed by atoms with E-state index in [1.165, 1.54) is 0 Å². The maximum absolute atomic E-state index is 8.80. The summed E-state index contributed by atoms with van der Waals surface area (Å²) < 4.78 is 5.03. The van der Waals surface area contributed by atoms with Gasteiger partial charge in [-0.05, 0) is 37.7 Å². The van der Waals surface area contributed by atoms with Gasteiger partial charge in [-0.2, -0.15) is 5.26 Å². The Morgan fingerprint density at radius 2 is 2.17 bits per heavy atom. The largest absolute Gasteiger partial charge is 0.384 e. The Kier molecular flexibility index (Phi) is 6.20. The lowest BCUT2D eigenvalue weighted by molar-refractivity contribution is 0.163. The first-order chi connectivity index (χ1) is 8.67. The summed E-state index contributed by atoms with van der Waals surface area (Å²) in [5.41, 5.74) is 2.90. The molecule has 0 aliphatic carbocycles. The second kappa shape index (κ2) is 7.70. The van der Waals surface area contributed by atoms with E-state index in [4.69, 9.17) is 10.00 Å². The predicted molar refractivity (Wildman–Crippen MR) is 73.8 cm³/mol. The SMILES string of the molecule is COCCN(C)CCNc1ccc(C#N)cc1C. The topological polar surface area (TPSA) is 48.3 Å². The molecule has 1 aromatic carbocycles. The number of hydrogen-bond acceptors (Lipinski definition) is 4. The summed E-state index contributed by atoms with van der Waals surface area (Å²) in [6.07, 6.45) is 0. The average molecular weight is 247 g/mol. The summed E-state index contributed by atoms with van der Waals surface area (Å²) in [6.45, 7) is 5.55. The fraction of sp³-hybridized carbons (Fsp3) is 0.500. The van der Waals surface area contributed by atoms with Crippen molar-refractivity contribution in [2.24, 2.45) is 0 Å². The number of anilines is 1. The van der Waals surface area contributed by atoms with Crippen LogP contribution in [0.3, 0.4) is 0 Å². The molecule has 0 unspecified atom stereocenters.